The second-order valence-corrected chi connectivity index (χ2v) is 5.12. The molecular formula is C19H14N2O. The number of nitrogens with two attached hydrogens (primary N) is 1. The summed E-state index contributed by atoms with van der Waals surface area (Å²) in [7, 11) is 0. The Kier molecular flexibility index (Phi) is 2.90. The first-order valence-corrected chi connectivity index (χ1v) is 7.13. The number of ether oxygens (including phenoxy) is 1. The lowest BCUT2D eigenvalue weighted by atomic mass is 10.1. The minimum Gasteiger partial charge on any atom is -0.454 e. The standard InChI is InChI=1S/C19H14N2O/c20-15-9-3-6-12-18(15)22-19-13-7-1-4-10-16(13)21-17-11-5-2-8-14(17)19/h1-12H,20H2. The van der Waals surface area contributed by atoms with Crippen molar-refractivity contribution in [2.75, 3.05) is 5.73 Å². The summed E-state index contributed by atoms with van der Waals surface area (Å²) in [5.74, 6) is 1.45. The van der Waals surface area contributed by atoms with Crippen LogP contribution < -0.4 is 10.5 Å². The first kappa shape index (κ1) is 12.7. The quantitative estimate of drug-likeness (QED) is 0.427. The van der Waals surface area contributed by atoms with Gasteiger partial charge in [0.05, 0.1) is 16.7 Å². The molecule has 0 amide bonds. The topological polar surface area (TPSA) is 48.1 Å². The van der Waals surface area contributed by atoms with Gasteiger partial charge >= 0.3 is 0 Å². The second kappa shape index (κ2) is 5.04. The number of fused-ring (bicyclic) bond motifs is 2. The van der Waals surface area contributed by atoms with Crippen molar-refractivity contribution in [2.45, 2.75) is 0 Å². The van der Waals surface area contributed by atoms with E-state index >= 15 is 0 Å². The van der Waals surface area contributed by atoms with E-state index in [1.807, 2.05) is 72.8 Å². The summed E-state index contributed by atoms with van der Waals surface area (Å²) in [5.41, 5.74) is 8.45. The van der Waals surface area contributed by atoms with Crippen molar-refractivity contribution < 1.29 is 4.74 Å². The van der Waals surface area contributed by atoms with Crippen molar-refractivity contribution in [2.24, 2.45) is 0 Å². The molecule has 0 saturated heterocycles. The van der Waals surface area contributed by atoms with Crippen molar-refractivity contribution in [1.29, 1.82) is 0 Å². The molecule has 0 aliphatic rings. The Hall–Kier alpha value is -3.07. The summed E-state index contributed by atoms with van der Waals surface area (Å²) in [5, 5.41) is 1.95. The molecule has 3 heteroatoms. The van der Waals surface area contributed by atoms with Gasteiger partial charge in [-0.3, -0.25) is 0 Å². The summed E-state index contributed by atoms with van der Waals surface area (Å²) in [6, 6.07) is 23.5. The van der Waals surface area contributed by atoms with E-state index in [9.17, 15) is 0 Å². The van der Waals surface area contributed by atoms with Crippen LogP contribution in [0.5, 0.6) is 11.5 Å². The fourth-order valence-corrected chi connectivity index (χ4v) is 2.59. The maximum absolute atomic E-state index is 6.17. The van der Waals surface area contributed by atoms with Crippen molar-refractivity contribution in [3.63, 3.8) is 0 Å². The van der Waals surface area contributed by atoms with Crippen LogP contribution in [0.25, 0.3) is 21.8 Å². The molecule has 0 saturated carbocycles. The molecule has 0 atom stereocenters. The molecule has 4 rings (SSSR count). The Labute approximate surface area is 128 Å². The molecule has 0 unspecified atom stereocenters. The Morgan fingerprint density at radius 2 is 1.23 bits per heavy atom. The fourth-order valence-electron chi connectivity index (χ4n) is 2.59. The van der Waals surface area contributed by atoms with Gasteiger partial charge in [0.2, 0.25) is 0 Å². The monoisotopic (exact) mass is 286 g/mol. The van der Waals surface area contributed by atoms with Gasteiger partial charge in [-0.1, -0.05) is 36.4 Å². The highest BCUT2D eigenvalue weighted by Gasteiger charge is 2.11. The molecule has 1 aromatic heterocycles. The molecule has 0 bridgehead atoms. The normalized spacial score (nSPS) is 10.9. The van der Waals surface area contributed by atoms with Gasteiger partial charge in [0.1, 0.15) is 11.5 Å². The van der Waals surface area contributed by atoms with E-state index < -0.39 is 0 Å². The average molecular weight is 286 g/mol. The van der Waals surface area contributed by atoms with Gasteiger partial charge in [0, 0.05) is 10.8 Å². The molecule has 2 N–H and O–H groups in total. The average Bonchev–Trinajstić information content (AvgIpc) is 2.56. The summed E-state index contributed by atoms with van der Waals surface area (Å²) in [6.45, 7) is 0. The molecule has 4 aromatic rings. The Balaban J connectivity index is 2.02. The maximum atomic E-state index is 6.17. The Morgan fingerprint density at radius 3 is 1.86 bits per heavy atom. The number of pyridine rings is 1. The number of aromatic nitrogens is 1. The number of nitrogen functional groups attached to an aromatic ring is 1. The zero-order valence-corrected chi connectivity index (χ0v) is 11.9. The maximum Gasteiger partial charge on any atom is 0.150 e. The van der Waals surface area contributed by atoms with Gasteiger partial charge in [-0.15, -0.1) is 0 Å². The minimum atomic E-state index is 0.618. The van der Waals surface area contributed by atoms with Gasteiger partial charge in [0.15, 0.2) is 0 Å². The number of hydrogen-bond donors (Lipinski definition) is 1. The third-order valence-corrected chi connectivity index (χ3v) is 3.67. The zero-order chi connectivity index (χ0) is 14.9. The summed E-state index contributed by atoms with van der Waals surface area (Å²) in [6.07, 6.45) is 0. The highest BCUT2D eigenvalue weighted by Crippen LogP contribution is 2.37. The Morgan fingerprint density at radius 1 is 0.682 bits per heavy atom. The first-order valence-electron chi connectivity index (χ1n) is 7.13. The summed E-state index contributed by atoms with van der Waals surface area (Å²) in [4.78, 5) is 4.69. The van der Waals surface area contributed by atoms with Crippen LogP contribution in [0, 0.1) is 0 Å². The van der Waals surface area contributed by atoms with Crippen LogP contribution in [0.4, 0.5) is 5.69 Å². The van der Waals surface area contributed by atoms with Gasteiger partial charge in [-0.25, -0.2) is 4.98 Å². The van der Waals surface area contributed by atoms with E-state index in [2.05, 4.69) is 0 Å². The summed E-state index contributed by atoms with van der Waals surface area (Å²) < 4.78 is 6.17. The van der Waals surface area contributed by atoms with Crippen molar-refractivity contribution >= 4 is 27.5 Å². The van der Waals surface area contributed by atoms with Crippen LogP contribution in [-0.4, -0.2) is 4.98 Å². The van der Waals surface area contributed by atoms with Crippen LogP contribution in [0.2, 0.25) is 0 Å². The number of anilines is 1. The summed E-state index contributed by atoms with van der Waals surface area (Å²) >= 11 is 0. The predicted octanol–water partition coefficient (Wildman–Crippen LogP) is 4.76. The molecule has 0 radical (unpaired) electrons. The second-order valence-electron chi connectivity index (χ2n) is 5.12. The highest BCUT2D eigenvalue weighted by molar-refractivity contribution is 6.01. The molecule has 0 aliphatic heterocycles. The van der Waals surface area contributed by atoms with E-state index in [4.69, 9.17) is 15.5 Å². The van der Waals surface area contributed by atoms with Crippen molar-refractivity contribution in [3.05, 3.63) is 72.8 Å². The molecule has 0 spiro atoms. The third-order valence-electron chi connectivity index (χ3n) is 3.67. The number of hydrogen-bond acceptors (Lipinski definition) is 3. The molecule has 106 valence electrons. The molecule has 3 aromatic carbocycles. The van der Waals surface area contributed by atoms with Crippen LogP contribution in [0.3, 0.4) is 0 Å². The fraction of sp³-hybridized carbons (Fsp3) is 0. The lowest BCUT2D eigenvalue weighted by molar-refractivity contribution is 0.496. The number of benzene rings is 3. The lowest BCUT2D eigenvalue weighted by Gasteiger charge is -2.13. The predicted molar refractivity (Wildman–Crippen MR) is 90.2 cm³/mol. The Bertz CT molecular complexity index is 925. The minimum absolute atomic E-state index is 0.618. The molecular weight excluding hydrogens is 272 g/mol. The molecule has 22 heavy (non-hydrogen) atoms. The van der Waals surface area contributed by atoms with Crippen LogP contribution in [0.15, 0.2) is 72.8 Å². The van der Waals surface area contributed by atoms with Gasteiger partial charge in [-0.05, 0) is 36.4 Å². The van der Waals surface area contributed by atoms with E-state index in [1.54, 1.807) is 0 Å². The van der Waals surface area contributed by atoms with Gasteiger partial charge < -0.3 is 10.5 Å². The van der Waals surface area contributed by atoms with Crippen LogP contribution in [0.1, 0.15) is 0 Å². The van der Waals surface area contributed by atoms with E-state index in [1.165, 1.54) is 0 Å². The molecule has 0 aliphatic carbocycles. The zero-order valence-electron chi connectivity index (χ0n) is 11.9. The van der Waals surface area contributed by atoms with E-state index in [0.717, 1.165) is 27.6 Å². The number of para-hydroxylation sites is 4. The van der Waals surface area contributed by atoms with Crippen molar-refractivity contribution in [1.82, 2.24) is 4.98 Å². The molecule has 1 heterocycles. The first-order chi connectivity index (χ1) is 10.8. The van der Waals surface area contributed by atoms with Crippen LogP contribution in [-0.2, 0) is 0 Å². The molecule has 0 fully saturated rings. The van der Waals surface area contributed by atoms with E-state index in [0.29, 0.717) is 11.4 Å². The lowest BCUT2D eigenvalue weighted by Crippen LogP contribution is -1.94. The van der Waals surface area contributed by atoms with Gasteiger partial charge in [-0.2, -0.15) is 0 Å². The van der Waals surface area contributed by atoms with Crippen molar-refractivity contribution in [3.8, 4) is 11.5 Å². The third kappa shape index (κ3) is 2.04. The van der Waals surface area contributed by atoms with E-state index in [-0.39, 0.29) is 0 Å². The smallest absolute Gasteiger partial charge is 0.150 e. The van der Waals surface area contributed by atoms with Gasteiger partial charge in [0.25, 0.3) is 0 Å². The number of nitrogens with zero attached hydrogens (tertiary/aromatic N) is 1. The number of rotatable bonds is 2. The highest BCUT2D eigenvalue weighted by atomic mass is 16.5. The SMILES string of the molecule is Nc1ccccc1Oc1c2ccccc2nc2ccccc12. The molecule has 3 nitrogen and oxygen atoms in total. The van der Waals surface area contributed by atoms with Crippen LogP contribution >= 0.6 is 0 Å². The largest absolute Gasteiger partial charge is 0.454 e.